The molecule has 52 heavy (non-hydrogen) atoms. The van der Waals surface area contributed by atoms with Gasteiger partial charge >= 0.3 is 19.3 Å². The van der Waals surface area contributed by atoms with E-state index < -0.39 is 48.1 Å². The number of hydrogen-bond donors (Lipinski definition) is 0. The second-order valence-corrected chi connectivity index (χ2v) is 12.4. The van der Waals surface area contributed by atoms with Crippen LogP contribution in [0.25, 0.3) is 0 Å². The summed E-state index contributed by atoms with van der Waals surface area (Å²) in [5.74, 6) is -2.59. The molecule has 0 bridgehead atoms. The quantitative estimate of drug-likeness (QED) is 0.0658. The molecule has 3 aromatic carbocycles. The van der Waals surface area contributed by atoms with E-state index in [-0.39, 0.29) is 25.3 Å². The smallest absolute Gasteiger partial charge is 0.507 e. The summed E-state index contributed by atoms with van der Waals surface area (Å²) in [6.45, 7) is -3.31. The Hall–Kier alpha value is -5.92. The van der Waals surface area contributed by atoms with Crippen LogP contribution in [0.15, 0.2) is 116 Å². The van der Waals surface area contributed by atoms with Crippen LogP contribution in [0.1, 0.15) is 47.6 Å². The third-order valence-electron chi connectivity index (χ3n) is 8.20. The maximum atomic E-state index is 14.0. The molecule has 0 spiro atoms. The highest BCUT2D eigenvalue weighted by Crippen LogP contribution is 2.37. The van der Waals surface area contributed by atoms with Gasteiger partial charge in [-0.1, -0.05) is 48.5 Å². The first-order valence-electron chi connectivity index (χ1n) is 16.0. The van der Waals surface area contributed by atoms with Gasteiger partial charge in [-0.25, -0.2) is 9.12 Å². The fourth-order valence-corrected chi connectivity index (χ4v) is 5.85. The number of benzene rings is 3. The minimum atomic E-state index is -3.36. The SMILES string of the molecule is CC(C)(Cc1ccc(F)cc1)N(C(=O)OCc1ccccc1)c1ccc(C(Cc2cc[n+]([O-])cc2)c2ccc(OC(F)F)c(OC(F)F)c2)c[n+]1[O-]. The molecule has 1 amide bonds. The molecule has 0 aliphatic heterocycles. The predicted octanol–water partition coefficient (Wildman–Crippen LogP) is 7.83. The number of ether oxygens (including phenoxy) is 3. The summed E-state index contributed by atoms with van der Waals surface area (Å²) >= 11 is 0. The average Bonchev–Trinajstić information content (AvgIpc) is 3.09. The van der Waals surface area contributed by atoms with E-state index in [1.165, 1.54) is 59.9 Å². The molecule has 0 fully saturated rings. The molecule has 14 heteroatoms. The average molecular weight is 724 g/mol. The van der Waals surface area contributed by atoms with Gasteiger partial charge in [0.05, 0.1) is 6.20 Å². The lowest BCUT2D eigenvalue weighted by atomic mass is 9.86. The monoisotopic (exact) mass is 723 g/mol. The zero-order valence-corrected chi connectivity index (χ0v) is 28.0. The second-order valence-electron chi connectivity index (χ2n) is 12.4. The third-order valence-corrected chi connectivity index (χ3v) is 8.20. The van der Waals surface area contributed by atoms with E-state index in [2.05, 4.69) is 9.47 Å². The summed E-state index contributed by atoms with van der Waals surface area (Å²) in [7, 11) is 0. The van der Waals surface area contributed by atoms with Crippen LogP contribution in [-0.2, 0) is 24.2 Å². The van der Waals surface area contributed by atoms with Crippen molar-refractivity contribution in [2.24, 2.45) is 0 Å². The van der Waals surface area contributed by atoms with Crippen LogP contribution in [-0.4, -0.2) is 24.9 Å². The van der Waals surface area contributed by atoms with Crippen LogP contribution in [0.5, 0.6) is 11.5 Å². The summed E-state index contributed by atoms with van der Waals surface area (Å²) in [4.78, 5) is 15.0. The van der Waals surface area contributed by atoms with Crippen molar-refractivity contribution in [3.05, 3.63) is 160 Å². The van der Waals surface area contributed by atoms with Gasteiger partial charge in [-0.3, -0.25) is 0 Å². The molecule has 9 nitrogen and oxygen atoms in total. The molecule has 2 heterocycles. The van der Waals surface area contributed by atoms with Gasteiger partial charge in [-0.05, 0) is 78.4 Å². The summed E-state index contributed by atoms with van der Waals surface area (Å²) in [5, 5.41) is 25.7. The van der Waals surface area contributed by atoms with Crippen LogP contribution < -0.4 is 23.8 Å². The Morgan fingerprint density at radius 3 is 2.04 bits per heavy atom. The number of carbonyl (C=O) groups excluding carboxylic acids is 1. The van der Waals surface area contributed by atoms with Crippen LogP contribution >= 0.6 is 0 Å². The zero-order chi connectivity index (χ0) is 37.4. The highest BCUT2D eigenvalue weighted by molar-refractivity contribution is 5.87. The lowest BCUT2D eigenvalue weighted by Gasteiger charge is -2.32. The summed E-state index contributed by atoms with van der Waals surface area (Å²) in [6, 6.07) is 24.3. The van der Waals surface area contributed by atoms with Crippen LogP contribution in [0.4, 0.5) is 32.6 Å². The maximum absolute atomic E-state index is 14.0. The molecule has 1 unspecified atom stereocenters. The normalized spacial score (nSPS) is 12.1. The van der Waals surface area contributed by atoms with Crippen molar-refractivity contribution in [1.29, 1.82) is 0 Å². The Morgan fingerprint density at radius 2 is 1.40 bits per heavy atom. The maximum Gasteiger partial charge on any atom is 0.507 e. The number of alkyl halides is 4. The van der Waals surface area contributed by atoms with Gasteiger partial charge in [0.2, 0.25) is 0 Å². The number of halogens is 5. The van der Waals surface area contributed by atoms with E-state index in [9.17, 15) is 37.2 Å². The topological polar surface area (TPSA) is 102 Å². The molecule has 5 rings (SSSR count). The fraction of sp³-hybridized carbons (Fsp3) is 0.237. The number of nitrogens with zero attached hydrogens (tertiary/aromatic N) is 3. The molecular weight excluding hydrogens is 689 g/mol. The second kappa shape index (κ2) is 16.4. The zero-order valence-electron chi connectivity index (χ0n) is 28.0. The molecule has 0 aliphatic rings. The first-order valence-corrected chi connectivity index (χ1v) is 16.0. The van der Waals surface area contributed by atoms with Gasteiger partial charge in [0.25, 0.3) is 5.82 Å². The largest absolute Gasteiger partial charge is 0.711 e. The molecule has 2 aromatic heterocycles. The lowest BCUT2D eigenvalue weighted by Crippen LogP contribution is -2.54. The minimum absolute atomic E-state index is 0.0868. The van der Waals surface area contributed by atoms with Gasteiger partial charge in [-0.2, -0.15) is 32.0 Å². The van der Waals surface area contributed by atoms with Crippen LogP contribution in [0.2, 0.25) is 0 Å². The summed E-state index contributed by atoms with van der Waals surface area (Å²) in [5.41, 5.74) is 1.55. The number of amides is 1. The van der Waals surface area contributed by atoms with Crippen molar-refractivity contribution in [1.82, 2.24) is 0 Å². The van der Waals surface area contributed by atoms with E-state index >= 15 is 0 Å². The molecule has 0 saturated carbocycles. The van der Waals surface area contributed by atoms with Gasteiger partial charge in [0, 0.05) is 30.5 Å². The number of anilines is 1. The number of rotatable bonds is 14. The standard InChI is InChI=1S/C38H34F5N3O6/c1-38(2,22-26-8-12-30(39)13-9-26)46(37(47)50-24-27-6-4-3-5-7-27)34-15-11-29(23-45(34)49)31(20-25-16-18-44(48)19-17-25)28-10-14-32(51-35(40)41)33(21-28)52-36(42)43/h3-19,21,23,31,35-36H,20,22,24H2,1-2H3. The van der Waals surface area contributed by atoms with Gasteiger partial charge in [0.15, 0.2) is 23.9 Å². The Labute approximate surface area is 296 Å². The summed E-state index contributed by atoms with van der Waals surface area (Å²) < 4.78 is 82.1. The Bertz CT molecular complexity index is 1950. The first kappa shape index (κ1) is 37.3. The molecule has 0 radical (unpaired) electrons. The number of pyridine rings is 2. The molecule has 0 N–H and O–H groups in total. The van der Waals surface area contributed by atoms with Crippen molar-refractivity contribution in [2.45, 2.75) is 58.0 Å². The number of aromatic nitrogens is 2. The van der Waals surface area contributed by atoms with Crippen LogP contribution in [0, 0.1) is 16.2 Å². The van der Waals surface area contributed by atoms with E-state index in [4.69, 9.17) is 4.74 Å². The molecule has 0 saturated heterocycles. The molecule has 5 aromatic rings. The van der Waals surface area contributed by atoms with Crippen molar-refractivity contribution in [2.75, 3.05) is 4.90 Å². The Morgan fingerprint density at radius 1 is 0.769 bits per heavy atom. The van der Waals surface area contributed by atoms with Gasteiger partial charge < -0.3 is 24.6 Å². The van der Waals surface area contributed by atoms with Crippen LogP contribution in [0.3, 0.4) is 0 Å². The van der Waals surface area contributed by atoms with Crippen molar-refractivity contribution >= 4 is 11.9 Å². The van der Waals surface area contributed by atoms with E-state index in [0.717, 1.165) is 12.1 Å². The number of carbonyl (C=O) groups is 1. The van der Waals surface area contributed by atoms with Crippen molar-refractivity contribution in [3.8, 4) is 11.5 Å². The van der Waals surface area contributed by atoms with E-state index in [1.54, 1.807) is 56.3 Å². The Kier molecular flexibility index (Phi) is 11.8. The van der Waals surface area contributed by atoms with E-state index in [1.807, 2.05) is 6.07 Å². The third kappa shape index (κ3) is 9.65. The number of hydrogen-bond acceptors (Lipinski definition) is 6. The minimum Gasteiger partial charge on any atom is -0.711 e. The summed E-state index contributed by atoms with van der Waals surface area (Å²) in [6.07, 6.45) is 3.23. The lowest BCUT2D eigenvalue weighted by molar-refractivity contribution is -0.605. The fourth-order valence-electron chi connectivity index (χ4n) is 5.85. The Balaban J connectivity index is 1.56. The van der Waals surface area contributed by atoms with Gasteiger partial charge in [-0.15, -0.1) is 0 Å². The van der Waals surface area contributed by atoms with Gasteiger partial charge in [0.1, 0.15) is 18.0 Å². The van der Waals surface area contributed by atoms with E-state index in [0.29, 0.717) is 37.3 Å². The highest BCUT2D eigenvalue weighted by atomic mass is 19.3. The van der Waals surface area contributed by atoms with Crippen molar-refractivity contribution in [3.63, 3.8) is 0 Å². The van der Waals surface area contributed by atoms with Crippen molar-refractivity contribution < 1.29 is 50.4 Å². The predicted molar refractivity (Wildman–Crippen MR) is 179 cm³/mol. The molecular formula is C38H34F5N3O6. The molecule has 0 aliphatic carbocycles. The first-order chi connectivity index (χ1) is 24.8. The molecule has 272 valence electrons. The highest BCUT2D eigenvalue weighted by Gasteiger charge is 2.42. The molecule has 1 atom stereocenters.